The van der Waals surface area contributed by atoms with E-state index in [-0.39, 0.29) is 11.9 Å². The van der Waals surface area contributed by atoms with Gasteiger partial charge in [0, 0.05) is 43.3 Å². The number of rotatable bonds is 7. The summed E-state index contributed by atoms with van der Waals surface area (Å²) in [6, 6.07) is 15.9. The predicted octanol–water partition coefficient (Wildman–Crippen LogP) is 4.03. The number of hydrogen-bond donors (Lipinski definition) is 0. The number of imidazole rings is 1. The topological polar surface area (TPSA) is 63.9 Å². The maximum absolute atomic E-state index is 13.5. The first-order valence-corrected chi connectivity index (χ1v) is 10.1. The van der Waals surface area contributed by atoms with Gasteiger partial charge in [0.15, 0.2) is 0 Å². The monoisotopic (exact) mass is 399 g/mol. The summed E-state index contributed by atoms with van der Waals surface area (Å²) >= 11 is 0. The molecular weight excluding hydrogens is 374 g/mol. The second kappa shape index (κ2) is 8.86. The van der Waals surface area contributed by atoms with Gasteiger partial charge in [-0.3, -0.25) is 9.78 Å². The van der Waals surface area contributed by atoms with Crippen LogP contribution < -0.4 is 0 Å². The smallest absolute Gasteiger partial charge is 0.273 e. The highest BCUT2D eigenvalue weighted by molar-refractivity contribution is 5.94. The van der Waals surface area contributed by atoms with Crippen LogP contribution in [0.4, 0.5) is 0 Å². The molecule has 3 aromatic heterocycles. The molecule has 0 saturated carbocycles. The standard InChI is InChI=1S/C24H25N5O/c1-18(8-9-19-6-4-3-5-7-19)29(17-23-26-14-15-28(23)2)24(30)22-11-10-20-16-25-13-12-21(20)27-22/h3-7,10-16,18H,8-9,17H2,1-2H3. The van der Waals surface area contributed by atoms with Gasteiger partial charge in [0.1, 0.15) is 11.5 Å². The molecule has 0 saturated heterocycles. The molecular formula is C24H25N5O. The second-order valence-corrected chi connectivity index (χ2v) is 7.53. The minimum Gasteiger partial charge on any atom is -0.337 e. The third-order valence-corrected chi connectivity index (χ3v) is 5.43. The zero-order valence-electron chi connectivity index (χ0n) is 17.3. The van der Waals surface area contributed by atoms with E-state index in [1.165, 1.54) is 5.56 Å². The zero-order valence-corrected chi connectivity index (χ0v) is 17.3. The molecule has 0 radical (unpaired) electrons. The van der Waals surface area contributed by atoms with Crippen LogP contribution in [0.3, 0.4) is 0 Å². The van der Waals surface area contributed by atoms with Crippen LogP contribution in [0.2, 0.25) is 0 Å². The maximum Gasteiger partial charge on any atom is 0.273 e. The Morgan fingerprint density at radius 3 is 2.70 bits per heavy atom. The van der Waals surface area contributed by atoms with Crippen LogP contribution in [0.1, 0.15) is 35.2 Å². The van der Waals surface area contributed by atoms with E-state index in [0.717, 1.165) is 29.6 Å². The van der Waals surface area contributed by atoms with E-state index in [4.69, 9.17) is 0 Å². The molecule has 152 valence electrons. The molecule has 4 rings (SSSR count). The Hall–Kier alpha value is -3.54. The summed E-state index contributed by atoms with van der Waals surface area (Å²) < 4.78 is 1.95. The third kappa shape index (κ3) is 4.38. The molecule has 0 aliphatic carbocycles. The molecule has 0 aliphatic rings. The van der Waals surface area contributed by atoms with Gasteiger partial charge in [-0.1, -0.05) is 30.3 Å². The van der Waals surface area contributed by atoms with E-state index >= 15 is 0 Å². The van der Waals surface area contributed by atoms with E-state index in [2.05, 4.69) is 34.0 Å². The van der Waals surface area contributed by atoms with Crippen molar-refractivity contribution in [3.8, 4) is 0 Å². The molecule has 0 spiro atoms. The lowest BCUT2D eigenvalue weighted by molar-refractivity contribution is 0.0654. The van der Waals surface area contributed by atoms with Gasteiger partial charge in [-0.25, -0.2) is 9.97 Å². The first-order chi connectivity index (χ1) is 14.6. The predicted molar refractivity (Wildman–Crippen MR) is 117 cm³/mol. The third-order valence-electron chi connectivity index (χ3n) is 5.43. The van der Waals surface area contributed by atoms with Gasteiger partial charge in [0.2, 0.25) is 0 Å². The minimum absolute atomic E-state index is 0.0318. The molecule has 3 heterocycles. The number of fused-ring (bicyclic) bond motifs is 1. The summed E-state index contributed by atoms with van der Waals surface area (Å²) in [6.45, 7) is 2.53. The molecule has 1 unspecified atom stereocenters. The number of nitrogens with zero attached hydrogens (tertiary/aromatic N) is 5. The molecule has 30 heavy (non-hydrogen) atoms. The number of carbonyl (C=O) groups is 1. The average molecular weight is 399 g/mol. The molecule has 0 bridgehead atoms. The number of benzene rings is 1. The van der Waals surface area contributed by atoms with Crippen LogP contribution in [0, 0.1) is 0 Å². The highest BCUT2D eigenvalue weighted by Crippen LogP contribution is 2.18. The fourth-order valence-corrected chi connectivity index (χ4v) is 3.54. The molecule has 0 aliphatic heterocycles. The SMILES string of the molecule is CC(CCc1ccccc1)N(Cc1nccn1C)C(=O)c1ccc2cnccc2n1. The van der Waals surface area contributed by atoms with E-state index in [1.54, 1.807) is 24.7 Å². The first-order valence-electron chi connectivity index (χ1n) is 10.1. The van der Waals surface area contributed by atoms with Gasteiger partial charge < -0.3 is 9.47 Å². The number of aryl methyl sites for hydroxylation is 2. The van der Waals surface area contributed by atoms with Crippen LogP contribution in [-0.2, 0) is 20.0 Å². The molecule has 1 atom stereocenters. The Balaban J connectivity index is 1.59. The molecule has 6 heteroatoms. The lowest BCUT2D eigenvalue weighted by atomic mass is 10.0. The fraction of sp³-hybridized carbons (Fsp3) is 0.250. The van der Waals surface area contributed by atoms with Gasteiger partial charge in [0.05, 0.1) is 12.1 Å². The summed E-state index contributed by atoms with van der Waals surface area (Å²) in [4.78, 5) is 28.5. The van der Waals surface area contributed by atoms with Gasteiger partial charge in [-0.2, -0.15) is 0 Å². The van der Waals surface area contributed by atoms with Crippen molar-refractivity contribution in [3.63, 3.8) is 0 Å². The van der Waals surface area contributed by atoms with Crippen LogP contribution in [0.5, 0.6) is 0 Å². The molecule has 1 amide bonds. The van der Waals surface area contributed by atoms with Crippen molar-refractivity contribution in [2.75, 3.05) is 0 Å². The Bertz CT molecular complexity index is 1140. The summed E-state index contributed by atoms with van der Waals surface area (Å²) in [5, 5.41) is 0.918. The number of hydrogen-bond acceptors (Lipinski definition) is 4. The first kappa shape index (κ1) is 19.8. The van der Waals surface area contributed by atoms with Crippen molar-refractivity contribution in [1.29, 1.82) is 0 Å². The summed E-state index contributed by atoms with van der Waals surface area (Å²) in [7, 11) is 1.95. The molecule has 4 aromatic rings. The van der Waals surface area contributed by atoms with Crippen LogP contribution in [0.15, 0.2) is 73.3 Å². The second-order valence-electron chi connectivity index (χ2n) is 7.53. The lowest BCUT2D eigenvalue weighted by Gasteiger charge is -2.29. The summed E-state index contributed by atoms with van der Waals surface area (Å²) in [5.41, 5.74) is 2.48. The summed E-state index contributed by atoms with van der Waals surface area (Å²) in [5.74, 6) is 0.761. The van der Waals surface area contributed by atoms with Gasteiger partial charge in [0.25, 0.3) is 5.91 Å². The number of pyridine rings is 2. The van der Waals surface area contributed by atoms with Gasteiger partial charge in [-0.05, 0) is 43.5 Å². The van der Waals surface area contributed by atoms with E-state index in [1.807, 2.05) is 53.0 Å². The van der Waals surface area contributed by atoms with Crippen LogP contribution in [0.25, 0.3) is 10.9 Å². The maximum atomic E-state index is 13.5. The molecule has 0 fully saturated rings. The van der Waals surface area contributed by atoms with Crippen molar-refractivity contribution in [2.24, 2.45) is 7.05 Å². The van der Waals surface area contributed by atoms with Gasteiger partial charge >= 0.3 is 0 Å². The Kier molecular flexibility index (Phi) is 5.84. The van der Waals surface area contributed by atoms with Crippen molar-refractivity contribution < 1.29 is 4.79 Å². The van der Waals surface area contributed by atoms with Crippen LogP contribution in [-0.4, -0.2) is 36.4 Å². The normalized spacial score (nSPS) is 12.1. The van der Waals surface area contributed by atoms with E-state index < -0.39 is 0 Å². The molecule has 0 N–H and O–H groups in total. The van der Waals surface area contributed by atoms with Crippen LogP contribution >= 0.6 is 0 Å². The average Bonchev–Trinajstić information content (AvgIpc) is 3.20. The van der Waals surface area contributed by atoms with Crippen molar-refractivity contribution in [1.82, 2.24) is 24.4 Å². The highest BCUT2D eigenvalue weighted by Gasteiger charge is 2.24. The zero-order chi connectivity index (χ0) is 20.9. The van der Waals surface area contributed by atoms with Gasteiger partial charge in [-0.15, -0.1) is 0 Å². The largest absolute Gasteiger partial charge is 0.337 e. The van der Waals surface area contributed by atoms with E-state index in [0.29, 0.717) is 12.2 Å². The molecule has 6 nitrogen and oxygen atoms in total. The minimum atomic E-state index is -0.0859. The van der Waals surface area contributed by atoms with Crippen molar-refractivity contribution in [2.45, 2.75) is 32.4 Å². The molecule has 1 aromatic carbocycles. The Morgan fingerprint density at radius 2 is 1.93 bits per heavy atom. The number of carbonyl (C=O) groups excluding carboxylic acids is 1. The lowest BCUT2D eigenvalue weighted by Crippen LogP contribution is -2.39. The number of aromatic nitrogens is 4. The number of amides is 1. The Morgan fingerprint density at radius 1 is 1.10 bits per heavy atom. The van der Waals surface area contributed by atoms with Crippen molar-refractivity contribution in [3.05, 3.63) is 90.4 Å². The highest BCUT2D eigenvalue weighted by atomic mass is 16.2. The quantitative estimate of drug-likeness (QED) is 0.471. The summed E-state index contributed by atoms with van der Waals surface area (Å²) in [6.07, 6.45) is 8.87. The van der Waals surface area contributed by atoms with E-state index in [9.17, 15) is 4.79 Å². The van der Waals surface area contributed by atoms with Crippen molar-refractivity contribution >= 4 is 16.8 Å². The Labute approximate surface area is 176 Å². The fourth-order valence-electron chi connectivity index (χ4n) is 3.54.